The third-order valence-electron chi connectivity index (χ3n) is 9.67. The molecule has 0 aromatic heterocycles. The SMILES string of the molecule is C[N+](C)(C)CCOP(=O)([O-])OCC1COC(=O)CCCCCCCCCCCCCCCCCCCCCCCCCCCCCCC(=O)O1. The summed E-state index contributed by atoms with van der Waals surface area (Å²) in [5.41, 5.74) is 0. The van der Waals surface area contributed by atoms with Gasteiger partial charge in [-0.1, -0.05) is 167 Å². The molecular weight excluding hydrogens is 653 g/mol. The number of quaternary nitrogens is 1. The highest BCUT2D eigenvalue weighted by Gasteiger charge is 2.21. The largest absolute Gasteiger partial charge is 0.756 e. The van der Waals surface area contributed by atoms with Gasteiger partial charge in [0, 0.05) is 12.8 Å². The normalized spacial score (nSPS) is 23.6. The van der Waals surface area contributed by atoms with Crippen LogP contribution in [-0.4, -0.2) is 70.0 Å². The van der Waals surface area contributed by atoms with E-state index in [0.29, 0.717) is 17.4 Å². The lowest BCUT2D eigenvalue weighted by molar-refractivity contribution is -0.870. The fourth-order valence-corrected chi connectivity index (χ4v) is 7.12. The number of carbonyl (C=O) groups excluding carboxylic acids is 2. The Balaban J connectivity index is 2.49. The number of esters is 2. The Hall–Kier alpha value is -0.990. The van der Waals surface area contributed by atoms with E-state index in [0.717, 1.165) is 32.1 Å². The van der Waals surface area contributed by atoms with Gasteiger partial charge in [-0.25, -0.2) is 0 Å². The van der Waals surface area contributed by atoms with Crippen molar-refractivity contribution in [3.63, 3.8) is 0 Å². The molecule has 2 atom stereocenters. The summed E-state index contributed by atoms with van der Waals surface area (Å²) in [4.78, 5) is 37.4. The first-order valence-corrected chi connectivity index (χ1v) is 22.3. The summed E-state index contributed by atoms with van der Waals surface area (Å²) in [5.74, 6) is -0.816. The summed E-state index contributed by atoms with van der Waals surface area (Å²) in [6.45, 7) is -0.247. The zero-order chi connectivity index (χ0) is 36.6. The lowest BCUT2D eigenvalue weighted by Gasteiger charge is -2.28. The van der Waals surface area contributed by atoms with Crippen molar-refractivity contribution >= 4 is 19.8 Å². The van der Waals surface area contributed by atoms with Crippen LogP contribution in [0.4, 0.5) is 0 Å². The molecule has 10 heteroatoms. The molecule has 1 fully saturated rings. The number of phosphoric ester groups is 1. The van der Waals surface area contributed by atoms with Gasteiger partial charge >= 0.3 is 11.9 Å². The van der Waals surface area contributed by atoms with E-state index in [1.165, 1.54) is 141 Å². The monoisotopic (exact) mass is 732 g/mol. The second-order valence-electron chi connectivity index (χ2n) is 15.8. The van der Waals surface area contributed by atoms with Gasteiger partial charge in [0.15, 0.2) is 6.10 Å². The minimum absolute atomic E-state index is 0.0241. The van der Waals surface area contributed by atoms with E-state index in [2.05, 4.69) is 0 Å². The molecule has 0 saturated carbocycles. The third kappa shape index (κ3) is 32.9. The molecule has 0 aliphatic carbocycles. The van der Waals surface area contributed by atoms with Crippen LogP contribution in [0.15, 0.2) is 0 Å². The van der Waals surface area contributed by atoms with Crippen molar-refractivity contribution in [2.45, 2.75) is 199 Å². The first-order chi connectivity index (χ1) is 24.1. The molecule has 0 radical (unpaired) electrons. The maximum Gasteiger partial charge on any atom is 0.306 e. The minimum atomic E-state index is -4.61. The van der Waals surface area contributed by atoms with Crippen LogP contribution in [0.5, 0.6) is 0 Å². The molecule has 0 aromatic carbocycles. The van der Waals surface area contributed by atoms with Crippen LogP contribution in [0.3, 0.4) is 0 Å². The third-order valence-corrected chi connectivity index (χ3v) is 10.6. The molecule has 1 rings (SSSR count). The van der Waals surface area contributed by atoms with Gasteiger partial charge in [-0.05, 0) is 12.8 Å². The van der Waals surface area contributed by atoms with Gasteiger partial charge < -0.3 is 27.9 Å². The predicted molar refractivity (Wildman–Crippen MR) is 202 cm³/mol. The number of carbonyl (C=O) groups is 2. The summed E-state index contributed by atoms with van der Waals surface area (Å²) >= 11 is 0. The number of hydrogen-bond acceptors (Lipinski definition) is 8. The maximum absolute atomic E-state index is 12.6. The van der Waals surface area contributed by atoms with Crippen LogP contribution >= 0.6 is 7.82 Å². The van der Waals surface area contributed by atoms with Crippen molar-refractivity contribution in [3.8, 4) is 0 Å². The number of cyclic esters (lactones) is 2. The van der Waals surface area contributed by atoms with Crippen molar-refractivity contribution in [1.82, 2.24) is 0 Å². The number of likely N-dealkylation sites (N-methyl/N-ethyl adjacent to an activating group) is 1. The molecule has 0 bridgehead atoms. The Morgan fingerprint density at radius 3 is 1.22 bits per heavy atom. The summed E-state index contributed by atoms with van der Waals surface area (Å²) in [7, 11) is 1.19. The van der Waals surface area contributed by atoms with E-state index in [9.17, 15) is 19.0 Å². The van der Waals surface area contributed by atoms with Crippen LogP contribution in [-0.2, 0) is 32.7 Å². The van der Waals surface area contributed by atoms with Gasteiger partial charge in [-0.3, -0.25) is 14.2 Å². The lowest BCUT2D eigenvalue weighted by Crippen LogP contribution is -2.37. The van der Waals surface area contributed by atoms with Crippen molar-refractivity contribution < 1.29 is 42.1 Å². The molecule has 1 aliphatic rings. The maximum atomic E-state index is 12.6. The van der Waals surface area contributed by atoms with Gasteiger partial charge in [0.1, 0.15) is 19.8 Å². The molecule has 50 heavy (non-hydrogen) atoms. The molecule has 0 aromatic rings. The zero-order valence-electron chi connectivity index (χ0n) is 32.8. The first kappa shape index (κ1) is 47.0. The molecule has 0 amide bonds. The minimum Gasteiger partial charge on any atom is -0.756 e. The van der Waals surface area contributed by atoms with E-state index in [-0.39, 0.29) is 32.0 Å². The number of rotatable bonds is 7. The quantitative estimate of drug-likeness (QED) is 0.145. The summed E-state index contributed by atoms with van der Waals surface area (Å²) < 4.78 is 33.8. The average Bonchev–Trinajstić information content (AvgIpc) is 3.05. The van der Waals surface area contributed by atoms with Gasteiger partial charge in [0.2, 0.25) is 0 Å². The van der Waals surface area contributed by atoms with Gasteiger partial charge in [-0.2, -0.15) is 0 Å². The molecule has 0 N–H and O–H groups in total. The van der Waals surface area contributed by atoms with E-state index in [4.69, 9.17) is 18.5 Å². The summed E-state index contributed by atoms with van der Waals surface area (Å²) in [6, 6.07) is 0. The molecule has 1 aliphatic heterocycles. The van der Waals surface area contributed by atoms with Gasteiger partial charge in [0.25, 0.3) is 7.82 Å². The molecule has 1 saturated heterocycles. The highest BCUT2D eigenvalue weighted by atomic mass is 31.2. The second-order valence-corrected chi connectivity index (χ2v) is 17.2. The van der Waals surface area contributed by atoms with E-state index in [1.807, 2.05) is 21.1 Å². The van der Waals surface area contributed by atoms with Crippen LogP contribution < -0.4 is 4.89 Å². The van der Waals surface area contributed by atoms with Crippen molar-refractivity contribution in [2.24, 2.45) is 0 Å². The highest BCUT2D eigenvalue weighted by Crippen LogP contribution is 2.38. The smallest absolute Gasteiger partial charge is 0.306 e. The van der Waals surface area contributed by atoms with Crippen molar-refractivity contribution in [2.75, 3.05) is 47.5 Å². The number of phosphoric acid groups is 1. The number of nitrogens with zero attached hydrogens (tertiary/aromatic N) is 1. The Morgan fingerprint density at radius 1 is 0.560 bits per heavy atom. The van der Waals surface area contributed by atoms with Gasteiger partial charge in [0.05, 0.1) is 27.7 Å². The molecule has 1 heterocycles. The predicted octanol–water partition coefficient (Wildman–Crippen LogP) is 10.4. The molecule has 2 unspecified atom stereocenters. The fraction of sp³-hybridized carbons (Fsp3) is 0.950. The number of ether oxygens (including phenoxy) is 2. The van der Waals surface area contributed by atoms with Crippen molar-refractivity contribution in [1.29, 1.82) is 0 Å². The Kier molecular flexibility index (Phi) is 29.7. The first-order valence-electron chi connectivity index (χ1n) is 20.8. The standard InChI is InChI=1S/C40H78NO8P/c1-41(2,3)34-35-47-50(44,45)48-37-38-36-46-39(42)32-30-28-26-24-22-20-18-16-14-12-10-8-6-4-5-7-9-11-13-15-17-19-21-23-25-27-29-31-33-40(43)49-38/h38H,4-37H2,1-3H3. The van der Waals surface area contributed by atoms with Crippen LogP contribution in [0, 0.1) is 0 Å². The van der Waals surface area contributed by atoms with Crippen LogP contribution in [0.25, 0.3) is 0 Å². The Labute approximate surface area is 307 Å². The van der Waals surface area contributed by atoms with E-state index >= 15 is 0 Å². The Morgan fingerprint density at radius 2 is 0.880 bits per heavy atom. The lowest BCUT2D eigenvalue weighted by atomic mass is 10.0. The highest BCUT2D eigenvalue weighted by molar-refractivity contribution is 7.45. The second kappa shape index (κ2) is 31.5. The van der Waals surface area contributed by atoms with E-state index < -0.39 is 26.5 Å². The molecular formula is C40H78NO8P. The molecule has 296 valence electrons. The van der Waals surface area contributed by atoms with Crippen molar-refractivity contribution in [3.05, 3.63) is 0 Å². The summed E-state index contributed by atoms with van der Waals surface area (Å²) in [6.07, 6.45) is 34.6. The molecule has 0 spiro atoms. The van der Waals surface area contributed by atoms with Crippen LogP contribution in [0.2, 0.25) is 0 Å². The van der Waals surface area contributed by atoms with Gasteiger partial charge in [-0.15, -0.1) is 0 Å². The van der Waals surface area contributed by atoms with Crippen LogP contribution in [0.1, 0.15) is 193 Å². The molecule has 9 nitrogen and oxygen atoms in total. The number of hydrogen-bond donors (Lipinski definition) is 0. The Bertz CT molecular complexity index is 865. The zero-order valence-corrected chi connectivity index (χ0v) is 33.7. The van der Waals surface area contributed by atoms with E-state index in [1.54, 1.807) is 0 Å². The summed E-state index contributed by atoms with van der Waals surface area (Å²) in [5, 5.41) is 0. The topological polar surface area (TPSA) is 111 Å². The fourth-order valence-electron chi connectivity index (χ4n) is 6.39. The average molecular weight is 732 g/mol.